The summed E-state index contributed by atoms with van der Waals surface area (Å²) < 4.78 is 5.44. The molecule has 0 spiro atoms. The minimum Gasteiger partial charge on any atom is -0.448 e. The maximum atomic E-state index is 5.44. The van der Waals surface area contributed by atoms with E-state index in [0.29, 0.717) is 5.92 Å². The van der Waals surface area contributed by atoms with Crippen molar-refractivity contribution in [1.29, 1.82) is 0 Å². The van der Waals surface area contributed by atoms with Crippen LogP contribution in [0, 0.1) is 5.92 Å². The average molecular weight is 208 g/mol. The highest BCUT2D eigenvalue weighted by Crippen LogP contribution is 2.18. The molecule has 1 aliphatic heterocycles. The molecule has 1 atom stereocenters. The lowest BCUT2D eigenvalue weighted by Gasteiger charge is -2.21. The summed E-state index contributed by atoms with van der Waals surface area (Å²) in [7, 11) is 0. The summed E-state index contributed by atoms with van der Waals surface area (Å²) in [6.07, 6.45) is 5.49. The minimum absolute atomic E-state index is 0.392. The molecule has 1 fully saturated rings. The molecule has 1 aliphatic rings. The second kappa shape index (κ2) is 4.79. The van der Waals surface area contributed by atoms with E-state index in [-0.39, 0.29) is 0 Å². The summed E-state index contributed by atoms with van der Waals surface area (Å²) in [6.45, 7) is 6.52. The third-order valence-corrected chi connectivity index (χ3v) is 2.96. The molecule has 1 unspecified atom stereocenters. The fourth-order valence-electron chi connectivity index (χ4n) is 2.08. The quantitative estimate of drug-likeness (QED) is 0.828. The largest absolute Gasteiger partial charge is 0.448 e. The highest BCUT2D eigenvalue weighted by Gasteiger charge is 2.16. The van der Waals surface area contributed by atoms with Crippen molar-refractivity contribution in [2.45, 2.75) is 39.0 Å². The maximum absolute atomic E-state index is 5.44. The molecule has 2 heterocycles. The van der Waals surface area contributed by atoms with Crippen LogP contribution in [0.2, 0.25) is 0 Å². The molecule has 1 saturated heterocycles. The minimum atomic E-state index is 0.392. The van der Waals surface area contributed by atoms with Crippen molar-refractivity contribution in [3.8, 4) is 0 Å². The van der Waals surface area contributed by atoms with Gasteiger partial charge in [0.2, 0.25) is 0 Å². The van der Waals surface area contributed by atoms with Crippen LogP contribution in [0.25, 0.3) is 0 Å². The first-order valence-corrected chi connectivity index (χ1v) is 5.90. The Bertz CT molecular complexity index is 300. The lowest BCUT2D eigenvalue weighted by molar-refractivity contribution is 0.373. The van der Waals surface area contributed by atoms with Crippen LogP contribution in [0.4, 0.5) is 0 Å². The molecule has 1 N–H and O–H groups in total. The van der Waals surface area contributed by atoms with E-state index in [1.165, 1.54) is 19.4 Å². The number of piperidine rings is 1. The highest BCUT2D eigenvalue weighted by atomic mass is 16.3. The summed E-state index contributed by atoms with van der Waals surface area (Å²) in [5.74, 6) is 2.00. The van der Waals surface area contributed by atoms with Crippen LogP contribution in [0.5, 0.6) is 0 Å². The van der Waals surface area contributed by atoms with Crippen molar-refractivity contribution in [3.63, 3.8) is 0 Å². The second-order valence-electron chi connectivity index (χ2n) is 4.75. The summed E-state index contributed by atoms with van der Waals surface area (Å²) in [5.41, 5.74) is 1.12. The monoisotopic (exact) mass is 208 g/mol. The van der Waals surface area contributed by atoms with Crippen molar-refractivity contribution < 1.29 is 4.42 Å². The summed E-state index contributed by atoms with van der Waals surface area (Å²) in [6, 6.07) is 0. The number of oxazole rings is 1. The van der Waals surface area contributed by atoms with E-state index >= 15 is 0 Å². The predicted molar refractivity (Wildman–Crippen MR) is 59.9 cm³/mol. The van der Waals surface area contributed by atoms with E-state index in [9.17, 15) is 0 Å². The number of nitrogens with zero attached hydrogens (tertiary/aromatic N) is 1. The first kappa shape index (κ1) is 10.7. The van der Waals surface area contributed by atoms with Crippen LogP contribution in [-0.4, -0.2) is 18.1 Å². The molecule has 0 aromatic carbocycles. The van der Waals surface area contributed by atoms with Gasteiger partial charge in [-0.1, -0.05) is 13.8 Å². The van der Waals surface area contributed by atoms with Gasteiger partial charge in [-0.05, 0) is 38.3 Å². The normalized spacial score (nSPS) is 22.2. The lowest BCUT2D eigenvalue weighted by atomic mass is 9.95. The Labute approximate surface area is 91.3 Å². The molecule has 0 bridgehead atoms. The van der Waals surface area contributed by atoms with Crippen LogP contribution in [0.15, 0.2) is 10.7 Å². The van der Waals surface area contributed by atoms with E-state index in [2.05, 4.69) is 24.1 Å². The van der Waals surface area contributed by atoms with Crippen LogP contribution >= 0.6 is 0 Å². The van der Waals surface area contributed by atoms with E-state index in [1.807, 2.05) is 6.26 Å². The third-order valence-electron chi connectivity index (χ3n) is 2.96. The van der Waals surface area contributed by atoms with Crippen LogP contribution in [0.1, 0.15) is 44.2 Å². The number of hydrogen-bond donors (Lipinski definition) is 1. The van der Waals surface area contributed by atoms with Gasteiger partial charge in [0.1, 0.15) is 6.26 Å². The van der Waals surface area contributed by atoms with Gasteiger partial charge in [0, 0.05) is 5.92 Å². The number of hydrogen-bond acceptors (Lipinski definition) is 3. The zero-order chi connectivity index (χ0) is 10.7. The van der Waals surface area contributed by atoms with Gasteiger partial charge in [0.15, 0.2) is 5.89 Å². The average Bonchev–Trinajstić information content (AvgIpc) is 2.68. The maximum Gasteiger partial charge on any atom is 0.196 e. The van der Waals surface area contributed by atoms with Gasteiger partial charge in [-0.15, -0.1) is 0 Å². The van der Waals surface area contributed by atoms with Gasteiger partial charge < -0.3 is 9.73 Å². The molecule has 3 nitrogen and oxygen atoms in total. The Morgan fingerprint density at radius 2 is 2.47 bits per heavy atom. The molecule has 3 heteroatoms. The molecule has 15 heavy (non-hydrogen) atoms. The first-order valence-electron chi connectivity index (χ1n) is 5.90. The first-order chi connectivity index (χ1) is 7.25. The topological polar surface area (TPSA) is 38.1 Å². The van der Waals surface area contributed by atoms with Crippen LogP contribution < -0.4 is 5.32 Å². The Hall–Kier alpha value is -0.830. The van der Waals surface area contributed by atoms with Crippen molar-refractivity contribution in [2.24, 2.45) is 5.92 Å². The van der Waals surface area contributed by atoms with E-state index < -0.39 is 0 Å². The van der Waals surface area contributed by atoms with Crippen LogP contribution in [-0.2, 0) is 6.42 Å². The van der Waals surface area contributed by atoms with E-state index in [1.54, 1.807) is 0 Å². The van der Waals surface area contributed by atoms with Gasteiger partial charge >= 0.3 is 0 Å². The van der Waals surface area contributed by atoms with Gasteiger partial charge in [-0.2, -0.15) is 0 Å². The molecule has 2 rings (SSSR count). The lowest BCUT2D eigenvalue weighted by Crippen LogP contribution is -2.30. The highest BCUT2D eigenvalue weighted by molar-refractivity contribution is 5.01. The molecule has 84 valence electrons. The summed E-state index contributed by atoms with van der Waals surface area (Å²) in [5, 5.41) is 3.43. The zero-order valence-corrected chi connectivity index (χ0v) is 9.62. The van der Waals surface area contributed by atoms with Crippen molar-refractivity contribution in [3.05, 3.63) is 17.8 Å². The zero-order valence-electron chi connectivity index (χ0n) is 9.62. The summed E-state index contributed by atoms with van der Waals surface area (Å²) >= 11 is 0. The number of rotatable bonds is 3. The Morgan fingerprint density at radius 1 is 1.60 bits per heavy atom. The molecule has 0 aliphatic carbocycles. The van der Waals surface area contributed by atoms with E-state index in [4.69, 9.17) is 4.42 Å². The van der Waals surface area contributed by atoms with Crippen molar-refractivity contribution >= 4 is 0 Å². The molecule has 1 aromatic heterocycles. The molecule has 0 radical (unpaired) electrons. The Morgan fingerprint density at radius 3 is 3.07 bits per heavy atom. The standard InChI is InChI=1S/C12H20N2O/c1-9(2)12-14-11(8-15-12)6-10-4-3-5-13-7-10/h8-10,13H,3-7H2,1-2H3. The molecular formula is C12H20N2O. The van der Waals surface area contributed by atoms with Gasteiger partial charge in [0.05, 0.1) is 5.69 Å². The van der Waals surface area contributed by atoms with Gasteiger partial charge in [-0.25, -0.2) is 4.98 Å². The third kappa shape index (κ3) is 2.81. The van der Waals surface area contributed by atoms with Gasteiger partial charge in [-0.3, -0.25) is 0 Å². The molecule has 0 amide bonds. The van der Waals surface area contributed by atoms with Crippen LogP contribution in [0.3, 0.4) is 0 Å². The summed E-state index contributed by atoms with van der Waals surface area (Å²) in [4.78, 5) is 4.51. The predicted octanol–water partition coefficient (Wildman–Crippen LogP) is 2.34. The molecule has 1 aromatic rings. The fourth-order valence-corrected chi connectivity index (χ4v) is 2.08. The fraction of sp³-hybridized carbons (Fsp3) is 0.750. The smallest absolute Gasteiger partial charge is 0.196 e. The number of aromatic nitrogens is 1. The van der Waals surface area contributed by atoms with Crippen molar-refractivity contribution in [1.82, 2.24) is 10.3 Å². The molecular weight excluding hydrogens is 188 g/mol. The second-order valence-corrected chi connectivity index (χ2v) is 4.75. The Kier molecular flexibility index (Phi) is 3.41. The number of nitrogens with one attached hydrogen (secondary N) is 1. The molecule has 0 saturated carbocycles. The van der Waals surface area contributed by atoms with Crippen molar-refractivity contribution in [2.75, 3.05) is 13.1 Å². The van der Waals surface area contributed by atoms with Gasteiger partial charge in [0.25, 0.3) is 0 Å². The SMILES string of the molecule is CC(C)c1nc(CC2CCCNC2)co1. The van der Waals surface area contributed by atoms with E-state index in [0.717, 1.165) is 30.5 Å². The Balaban J connectivity index is 1.91.